The Morgan fingerprint density at radius 1 is 1.20 bits per heavy atom. The lowest BCUT2D eigenvalue weighted by molar-refractivity contribution is 0.479. The molecule has 2 rings (SSSR count). The van der Waals surface area contributed by atoms with E-state index in [2.05, 4.69) is 22.9 Å². The van der Waals surface area contributed by atoms with Crippen molar-refractivity contribution in [3.05, 3.63) is 57.5 Å². The third-order valence-electron chi connectivity index (χ3n) is 3.08. The first-order chi connectivity index (χ1) is 9.60. The Balaban J connectivity index is 2.16. The molecule has 1 unspecified atom stereocenters. The maximum absolute atomic E-state index is 6.09. The molecular weight excluding hydrogens is 338 g/mol. The van der Waals surface area contributed by atoms with Gasteiger partial charge in [-0.05, 0) is 58.6 Å². The average Bonchev–Trinajstić information content (AvgIpc) is 2.44. The van der Waals surface area contributed by atoms with Gasteiger partial charge in [-0.1, -0.05) is 36.7 Å². The minimum Gasteiger partial charge on any atom is -0.455 e. The Bertz CT molecular complexity index is 588. The van der Waals surface area contributed by atoms with Crippen LogP contribution in [0.3, 0.4) is 0 Å². The molecule has 0 saturated carbocycles. The molecule has 0 aliphatic rings. The first-order valence-electron chi connectivity index (χ1n) is 6.56. The molecule has 2 nitrogen and oxygen atoms in total. The number of halogens is 2. The van der Waals surface area contributed by atoms with Crippen molar-refractivity contribution < 1.29 is 4.74 Å². The molecule has 0 saturated heterocycles. The van der Waals surface area contributed by atoms with Crippen LogP contribution in [0.1, 0.15) is 18.9 Å². The van der Waals surface area contributed by atoms with Crippen molar-refractivity contribution in [1.82, 2.24) is 0 Å². The highest BCUT2D eigenvalue weighted by atomic mass is 79.9. The molecule has 2 aromatic rings. The van der Waals surface area contributed by atoms with Crippen molar-refractivity contribution >= 4 is 27.5 Å². The van der Waals surface area contributed by atoms with E-state index in [1.54, 1.807) is 6.07 Å². The maximum Gasteiger partial charge on any atom is 0.146 e. The lowest BCUT2D eigenvalue weighted by Gasteiger charge is -2.12. The molecule has 0 aliphatic carbocycles. The normalized spacial score (nSPS) is 12.2. The third kappa shape index (κ3) is 3.98. The molecule has 0 amide bonds. The predicted molar refractivity (Wildman–Crippen MR) is 87.6 cm³/mol. The molecule has 20 heavy (non-hydrogen) atoms. The summed E-state index contributed by atoms with van der Waals surface area (Å²) in [5.41, 5.74) is 7.16. The second-order valence-electron chi connectivity index (χ2n) is 4.67. The average molecular weight is 355 g/mol. The summed E-state index contributed by atoms with van der Waals surface area (Å²) in [6, 6.07) is 13.6. The van der Waals surface area contributed by atoms with E-state index in [9.17, 15) is 0 Å². The van der Waals surface area contributed by atoms with Crippen LogP contribution in [0.2, 0.25) is 5.02 Å². The maximum atomic E-state index is 6.09. The summed E-state index contributed by atoms with van der Waals surface area (Å²) in [5.74, 6) is 1.39. The number of ether oxygens (including phenoxy) is 1. The monoisotopic (exact) mass is 353 g/mol. The van der Waals surface area contributed by atoms with E-state index in [1.807, 2.05) is 36.4 Å². The lowest BCUT2D eigenvalue weighted by atomic mass is 10.0. The first-order valence-corrected chi connectivity index (χ1v) is 7.73. The molecule has 0 spiro atoms. The Kier molecular flexibility index (Phi) is 5.46. The van der Waals surface area contributed by atoms with E-state index in [-0.39, 0.29) is 6.04 Å². The molecule has 0 aromatic heterocycles. The Hall–Kier alpha value is -1.03. The van der Waals surface area contributed by atoms with Gasteiger partial charge in [0.2, 0.25) is 0 Å². The fourth-order valence-electron chi connectivity index (χ4n) is 1.85. The first kappa shape index (κ1) is 15.4. The standard InChI is InChI=1S/C16H17BrClNO/c1-2-12(19)9-11-7-8-15(13(17)10-11)20-16-6-4-3-5-14(16)18/h3-8,10,12H,2,9,19H2,1H3. The fraction of sp³-hybridized carbons (Fsp3) is 0.250. The van der Waals surface area contributed by atoms with Gasteiger partial charge in [0.05, 0.1) is 9.50 Å². The van der Waals surface area contributed by atoms with Crippen LogP contribution in [0, 0.1) is 0 Å². The molecule has 0 bridgehead atoms. The minimum atomic E-state index is 0.192. The van der Waals surface area contributed by atoms with Gasteiger partial charge in [0.25, 0.3) is 0 Å². The number of rotatable bonds is 5. The summed E-state index contributed by atoms with van der Waals surface area (Å²) in [6.07, 6.45) is 1.83. The topological polar surface area (TPSA) is 35.2 Å². The summed E-state index contributed by atoms with van der Waals surface area (Å²) >= 11 is 9.62. The lowest BCUT2D eigenvalue weighted by Crippen LogP contribution is -2.21. The Labute approximate surface area is 133 Å². The van der Waals surface area contributed by atoms with Gasteiger partial charge in [0, 0.05) is 6.04 Å². The van der Waals surface area contributed by atoms with Crippen LogP contribution in [-0.2, 0) is 6.42 Å². The third-order valence-corrected chi connectivity index (χ3v) is 4.01. The van der Waals surface area contributed by atoms with Crippen LogP contribution in [-0.4, -0.2) is 6.04 Å². The highest BCUT2D eigenvalue weighted by Gasteiger charge is 2.08. The van der Waals surface area contributed by atoms with Crippen LogP contribution >= 0.6 is 27.5 Å². The van der Waals surface area contributed by atoms with Gasteiger partial charge in [-0.25, -0.2) is 0 Å². The Morgan fingerprint density at radius 3 is 2.60 bits per heavy atom. The van der Waals surface area contributed by atoms with E-state index in [1.165, 1.54) is 5.56 Å². The molecular formula is C16H17BrClNO. The highest BCUT2D eigenvalue weighted by Crippen LogP contribution is 2.34. The van der Waals surface area contributed by atoms with Crippen molar-refractivity contribution in [2.24, 2.45) is 5.73 Å². The number of hydrogen-bond acceptors (Lipinski definition) is 2. The Morgan fingerprint density at radius 2 is 1.95 bits per heavy atom. The fourth-order valence-corrected chi connectivity index (χ4v) is 2.53. The zero-order valence-corrected chi connectivity index (χ0v) is 13.6. The summed E-state index contributed by atoms with van der Waals surface area (Å²) in [4.78, 5) is 0. The van der Waals surface area contributed by atoms with Crippen LogP contribution < -0.4 is 10.5 Å². The molecule has 0 radical (unpaired) electrons. The van der Waals surface area contributed by atoms with Gasteiger partial charge in [-0.15, -0.1) is 0 Å². The van der Waals surface area contributed by atoms with Crippen LogP contribution in [0.15, 0.2) is 46.9 Å². The summed E-state index contributed by atoms with van der Waals surface area (Å²) in [6.45, 7) is 2.09. The number of benzene rings is 2. The quantitative estimate of drug-likeness (QED) is 0.803. The minimum absolute atomic E-state index is 0.192. The second-order valence-corrected chi connectivity index (χ2v) is 5.93. The van der Waals surface area contributed by atoms with Gasteiger partial charge in [0.15, 0.2) is 0 Å². The van der Waals surface area contributed by atoms with Gasteiger partial charge >= 0.3 is 0 Å². The smallest absolute Gasteiger partial charge is 0.146 e. The molecule has 0 heterocycles. The molecule has 106 valence electrons. The molecule has 0 fully saturated rings. The molecule has 2 aromatic carbocycles. The number of nitrogens with two attached hydrogens (primary N) is 1. The number of hydrogen-bond donors (Lipinski definition) is 1. The van der Waals surface area contributed by atoms with Crippen molar-refractivity contribution in [3.63, 3.8) is 0 Å². The van der Waals surface area contributed by atoms with E-state index >= 15 is 0 Å². The largest absolute Gasteiger partial charge is 0.455 e. The summed E-state index contributed by atoms with van der Waals surface area (Å²) < 4.78 is 6.72. The van der Waals surface area contributed by atoms with Crippen LogP contribution in [0.25, 0.3) is 0 Å². The zero-order valence-electron chi connectivity index (χ0n) is 11.3. The highest BCUT2D eigenvalue weighted by molar-refractivity contribution is 9.10. The second kappa shape index (κ2) is 7.11. The molecule has 0 aliphatic heterocycles. The van der Waals surface area contributed by atoms with Gasteiger partial charge in [-0.2, -0.15) is 0 Å². The van der Waals surface area contributed by atoms with E-state index in [4.69, 9.17) is 22.1 Å². The molecule has 1 atom stereocenters. The van der Waals surface area contributed by atoms with E-state index in [0.29, 0.717) is 10.8 Å². The number of para-hydroxylation sites is 1. The van der Waals surface area contributed by atoms with Crippen LogP contribution in [0.5, 0.6) is 11.5 Å². The van der Waals surface area contributed by atoms with Crippen molar-refractivity contribution in [2.75, 3.05) is 0 Å². The molecule has 2 N–H and O–H groups in total. The predicted octanol–water partition coefficient (Wildman–Crippen LogP) is 5.17. The van der Waals surface area contributed by atoms with Crippen molar-refractivity contribution in [1.29, 1.82) is 0 Å². The van der Waals surface area contributed by atoms with Gasteiger partial charge < -0.3 is 10.5 Å². The summed E-state index contributed by atoms with van der Waals surface area (Å²) in [5, 5.41) is 0.594. The molecule has 4 heteroatoms. The van der Waals surface area contributed by atoms with Crippen molar-refractivity contribution in [2.45, 2.75) is 25.8 Å². The van der Waals surface area contributed by atoms with E-state index < -0.39 is 0 Å². The van der Waals surface area contributed by atoms with Crippen LogP contribution in [0.4, 0.5) is 0 Å². The van der Waals surface area contributed by atoms with Crippen molar-refractivity contribution in [3.8, 4) is 11.5 Å². The van der Waals surface area contributed by atoms with E-state index in [0.717, 1.165) is 23.1 Å². The summed E-state index contributed by atoms with van der Waals surface area (Å²) in [7, 11) is 0. The van der Waals surface area contributed by atoms with Gasteiger partial charge in [-0.3, -0.25) is 0 Å². The van der Waals surface area contributed by atoms with Gasteiger partial charge in [0.1, 0.15) is 11.5 Å². The SMILES string of the molecule is CCC(N)Cc1ccc(Oc2ccccc2Cl)c(Br)c1. The zero-order chi connectivity index (χ0) is 14.5.